The number of aromatic nitrogens is 5. The van der Waals surface area contributed by atoms with Crippen LogP contribution >= 0.6 is 34.7 Å². The number of halogens is 1. The molecule has 0 spiro atoms. The van der Waals surface area contributed by atoms with Gasteiger partial charge in [0.15, 0.2) is 5.16 Å². The zero-order chi connectivity index (χ0) is 22.2. The number of nitrogens with zero attached hydrogens (tertiary/aromatic N) is 4. The van der Waals surface area contributed by atoms with Gasteiger partial charge < -0.3 is 4.98 Å². The summed E-state index contributed by atoms with van der Waals surface area (Å²) in [5.41, 5.74) is 4.84. The van der Waals surface area contributed by atoms with Crippen LogP contribution in [0.2, 0.25) is 5.02 Å². The third kappa shape index (κ3) is 3.85. The molecule has 0 saturated heterocycles. The Morgan fingerprint density at radius 2 is 2.00 bits per heavy atom. The van der Waals surface area contributed by atoms with Crippen molar-refractivity contribution < 1.29 is 0 Å². The third-order valence-electron chi connectivity index (χ3n) is 5.12. The number of hydrogen-bond acceptors (Lipinski definition) is 6. The van der Waals surface area contributed by atoms with Crippen LogP contribution < -0.4 is 5.56 Å². The molecule has 1 N–H and O–H groups in total. The lowest BCUT2D eigenvalue weighted by molar-refractivity contribution is 0.875. The van der Waals surface area contributed by atoms with E-state index in [0.29, 0.717) is 26.8 Å². The molecule has 0 bridgehead atoms. The van der Waals surface area contributed by atoms with E-state index in [-0.39, 0.29) is 5.56 Å². The summed E-state index contributed by atoms with van der Waals surface area (Å²) in [6.45, 7) is 4.13. The molecule has 5 aromatic rings. The average molecular weight is 480 g/mol. The summed E-state index contributed by atoms with van der Waals surface area (Å²) < 4.78 is 1.96. The van der Waals surface area contributed by atoms with Gasteiger partial charge in [0.1, 0.15) is 17.0 Å². The second-order valence-electron chi connectivity index (χ2n) is 7.38. The molecule has 0 aliphatic carbocycles. The predicted octanol–water partition coefficient (Wildman–Crippen LogP) is 5.79. The second-order valence-corrected chi connectivity index (χ2v) is 9.59. The first-order valence-corrected chi connectivity index (χ1v) is 12.1. The fourth-order valence-electron chi connectivity index (χ4n) is 3.64. The van der Waals surface area contributed by atoms with E-state index in [0.717, 1.165) is 27.5 Å². The van der Waals surface area contributed by atoms with Crippen LogP contribution in [0.4, 0.5) is 0 Å². The summed E-state index contributed by atoms with van der Waals surface area (Å²) >= 11 is 9.26. The van der Waals surface area contributed by atoms with Gasteiger partial charge in [0.05, 0.1) is 16.8 Å². The number of rotatable bonds is 5. The molecule has 0 aliphatic rings. The lowest BCUT2D eigenvalue weighted by Crippen LogP contribution is -2.11. The van der Waals surface area contributed by atoms with E-state index in [1.54, 1.807) is 6.33 Å². The van der Waals surface area contributed by atoms with Crippen LogP contribution in [-0.4, -0.2) is 24.7 Å². The number of thiophene rings is 1. The molecule has 0 unspecified atom stereocenters. The zero-order valence-electron chi connectivity index (χ0n) is 17.3. The quantitative estimate of drug-likeness (QED) is 0.322. The van der Waals surface area contributed by atoms with E-state index < -0.39 is 0 Å². The lowest BCUT2D eigenvalue weighted by atomic mass is 10.1. The van der Waals surface area contributed by atoms with Gasteiger partial charge in [0, 0.05) is 21.5 Å². The lowest BCUT2D eigenvalue weighted by Gasteiger charge is -2.10. The first kappa shape index (κ1) is 20.9. The van der Waals surface area contributed by atoms with Gasteiger partial charge in [-0.05, 0) is 31.5 Å². The molecular weight excluding hydrogens is 462 g/mol. The summed E-state index contributed by atoms with van der Waals surface area (Å²) in [4.78, 5) is 21.2. The molecule has 0 fully saturated rings. The number of fused-ring (bicyclic) bond motifs is 1. The number of aromatic amines is 1. The second kappa shape index (κ2) is 8.54. The molecule has 6 nitrogen and oxygen atoms in total. The van der Waals surface area contributed by atoms with E-state index in [4.69, 9.17) is 11.6 Å². The highest BCUT2D eigenvalue weighted by Gasteiger charge is 2.16. The highest BCUT2D eigenvalue weighted by molar-refractivity contribution is 7.98. The smallest absolute Gasteiger partial charge is 0.260 e. The maximum absolute atomic E-state index is 12.9. The van der Waals surface area contributed by atoms with Crippen molar-refractivity contribution in [3.63, 3.8) is 0 Å². The van der Waals surface area contributed by atoms with Gasteiger partial charge >= 0.3 is 0 Å². The highest BCUT2D eigenvalue weighted by Crippen LogP contribution is 2.35. The Labute approximate surface area is 197 Å². The van der Waals surface area contributed by atoms with Crippen LogP contribution in [0.1, 0.15) is 17.0 Å². The molecule has 5 rings (SSSR count). The fraction of sp³-hybridized carbons (Fsp3) is 0.130. The summed E-state index contributed by atoms with van der Waals surface area (Å²) in [6, 6.07) is 13.8. The molecule has 0 saturated carbocycles. The van der Waals surface area contributed by atoms with E-state index in [9.17, 15) is 4.79 Å². The highest BCUT2D eigenvalue weighted by atomic mass is 35.5. The monoisotopic (exact) mass is 479 g/mol. The van der Waals surface area contributed by atoms with Gasteiger partial charge in [-0.15, -0.1) is 21.5 Å². The van der Waals surface area contributed by atoms with Crippen molar-refractivity contribution in [1.29, 1.82) is 0 Å². The molecule has 32 heavy (non-hydrogen) atoms. The van der Waals surface area contributed by atoms with Gasteiger partial charge in [0.2, 0.25) is 0 Å². The topological polar surface area (TPSA) is 76.5 Å². The van der Waals surface area contributed by atoms with E-state index >= 15 is 0 Å². The molecule has 0 atom stereocenters. The largest absolute Gasteiger partial charge is 0.309 e. The van der Waals surface area contributed by atoms with Crippen molar-refractivity contribution in [3.05, 3.63) is 86.5 Å². The Morgan fingerprint density at radius 3 is 2.81 bits per heavy atom. The van der Waals surface area contributed by atoms with Gasteiger partial charge in [-0.1, -0.05) is 59.3 Å². The maximum atomic E-state index is 12.9. The SMILES string of the molecule is Cc1ccc(-n2cnnc2SCc2nc3scc(-c4ccccc4Cl)c3c(=O)[nH]2)c(C)c1. The fourth-order valence-corrected chi connectivity index (χ4v) is 5.62. The van der Waals surface area contributed by atoms with Gasteiger partial charge in [-0.2, -0.15) is 0 Å². The minimum Gasteiger partial charge on any atom is -0.309 e. The van der Waals surface area contributed by atoms with Gasteiger partial charge in [-0.3, -0.25) is 9.36 Å². The number of thioether (sulfide) groups is 1. The van der Waals surface area contributed by atoms with Crippen LogP contribution in [0.3, 0.4) is 0 Å². The minimum absolute atomic E-state index is 0.169. The first-order chi connectivity index (χ1) is 15.5. The summed E-state index contributed by atoms with van der Waals surface area (Å²) in [7, 11) is 0. The number of benzene rings is 2. The Balaban J connectivity index is 1.44. The Hall–Kier alpha value is -2.94. The van der Waals surface area contributed by atoms with E-state index in [2.05, 4.69) is 52.2 Å². The summed E-state index contributed by atoms with van der Waals surface area (Å²) in [5.74, 6) is 1.06. The standard InChI is InChI=1S/C23H18ClN5OS2/c1-13-7-8-18(14(2)9-13)29-12-25-28-23(29)32-11-19-26-21(30)20-16(10-31-22(20)27-19)15-5-3-4-6-17(15)24/h3-10,12H,11H2,1-2H3,(H,26,27,30). The third-order valence-corrected chi connectivity index (χ3v) is 7.28. The van der Waals surface area contributed by atoms with Crippen LogP contribution in [-0.2, 0) is 5.75 Å². The summed E-state index contributed by atoms with van der Waals surface area (Å²) in [6.07, 6.45) is 1.70. The number of H-pyrrole nitrogens is 1. The summed E-state index contributed by atoms with van der Waals surface area (Å²) in [5, 5.41) is 12.2. The van der Waals surface area contributed by atoms with Crippen LogP contribution in [0, 0.1) is 13.8 Å². The van der Waals surface area contributed by atoms with E-state index in [1.807, 2.05) is 34.2 Å². The van der Waals surface area contributed by atoms with Crippen LogP contribution in [0.15, 0.2) is 64.1 Å². The molecule has 0 amide bonds. The molecule has 2 aromatic carbocycles. The van der Waals surface area contributed by atoms with Crippen molar-refractivity contribution in [2.24, 2.45) is 0 Å². The molecular formula is C23H18ClN5OS2. The van der Waals surface area contributed by atoms with Crippen molar-refractivity contribution in [2.75, 3.05) is 0 Å². The van der Waals surface area contributed by atoms with Gasteiger partial charge in [-0.25, -0.2) is 4.98 Å². The molecule has 160 valence electrons. The normalized spacial score (nSPS) is 11.3. The number of hydrogen-bond donors (Lipinski definition) is 1. The molecule has 3 aromatic heterocycles. The number of nitrogens with one attached hydrogen (secondary N) is 1. The van der Waals surface area contributed by atoms with Crippen LogP contribution in [0.25, 0.3) is 27.0 Å². The molecule has 0 radical (unpaired) electrons. The molecule has 0 aliphatic heterocycles. The molecule has 3 heterocycles. The van der Waals surface area contributed by atoms with Crippen LogP contribution in [0.5, 0.6) is 0 Å². The first-order valence-electron chi connectivity index (χ1n) is 9.87. The number of aryl methyl sites for hydroxylation is 2. The average Bonchev–Trinajstić information content (AvgIpc) is 3.40. The van der Waals surface area contributed by atoms with Crippen molar-refractivity contribution in [2.45, 2.75) is 24.8 Å². The predicted molar refractivity (Wildman–Crippen MR) is 131 cm³/mol. The molecule has 9 heteroatoms. The maximum Gasteiger partial charge on any atom is 0.260 e. The van der Waals surface area contributed by atoms with E-state index in [1.165, 1.54) is 28.7 Å². The van der Waals surface area contributed by atoms with Crippen molar-refractivity contribution in [3.8, 4) is 16.8 Å². The van der Waals surface area contributed by atoms with Crippen molar-refractivity contribution >= 4 is 44.9 Å². The van der Waals surface area contributed by atoms with Gasteiger partial charge in [0.25, 0.3) is 5.56 Å². The minimum atomic E-state index is -0.169. The Morgan fingerprint density at radius 1 is 1.16 bits per heavy atom. The van der Waals surface area contributed by atoms with Crippen molar-refractivity contribution in [1.82, 2.24) is 24.7 Å². The zero-order valence-corrected chi connectivity index (χ0v) is 19.7. The Bertz CT molecular complexity index is 1500. The Kier molecular flexibility index (Phi) is 5.58.